The maximum absolute atomic E-state index is 11.9. The van der Waals surface area contributed by atoms with Crippen LogP contribution in [0.5, 0.6) is 0 Å². The van der Waals surface area contributed by atoms with Crippen molar-refractivity contribution >= 4 is 11.9 Å². The Labute approximate surface area is 110 Å². The van der Waals surface area contributed by atoms with E-state index in [1.165, 1.54) is 24.3 Å². The lowest BCUT2D eigenvalue weighted by Crippen LogP contribution is -2.34. The fraction of sp³-hybridized carbons (Fsp3) is 0.357. The molecule has 0 N–H and O–H groups in total. The molecule has 1 aromatic carbocycles. The number of benzene rings is 1. The smallest absolute Gasteiger partial charge is 0.348 e. The first-order valence-corrected chi connectivity index (χ1v) is 5.82. The molecule has 1 heterocycles. The summed E-state index contributed by atoms with van der Waals surface area (Å²) in [7, 11) is 0. The third kappa shape index (κ3) is 2.58. The number of cyclic esters (lactones) is 1. The summed E-state index contributed by atoms with van der Waals surface area (Å²) < 4.78 is 10.1. The van der Waals surface area contributed by atoms with Gasteiger partial charge in [0.25, 0.3) is 0 Å². The molecular formula is C14H13NO4. The van der Waals surface area contributed by atoms with E-state index in [1.807, 2.05) is 6.07 Å². The van der Waals surface area contributed by atoms with Crippen molar-refractivity contribution in [3.63, 3.8) is 0 Å². The van der Waals surface area contributed by atoms with Gasteiger partial charge in [0.05, 0.1) is 17.2 Å². The molecule has 0 aliphatic carbocycles. The van der Waals surface area contributed by atoms with Crippen molar-refractivity contribution in [2.45, 2.75) is 20.0 Å². The van der Waals surface area contributed by atoms with Gasteiger partial charge in [-0.2, -0.15) is 5.26 Å². The maximum atomic E-state index is 11.9. The fourth-order valence-electron chi connectivity index (χ4n) is 1.79. The van der Waals surface area contributed by atoms with E-state index in [2.05, 4.69) is 0 Å². The highest BCUT2D eigenvalue weighted by molar-refractivity contribution is 5.92. The topological polar surface area (TPSA) is 76.4 Å². The van der Waals surface area contributed by atoms with Gasteiger partial charge >= 0.3 is 11.9 Å². The van der Waals surface area contributed by atoms with Gasteiger partial charge in [0.1, 0.15) is 6.61 Å². The summed E-state index contributed by atoms with van der Waals surface area (Å²) in [6.45, 7) is 3.83. The predicted molar refractivity (Wildman–Crippen MR) is 65.1 cm³/mol. The summed E-state index contributed by atoms with van der Waals surface area (Å²) >= 11 is 0. The molecule has 2 rings (SSSR count). The monoisotopic (exact) mass is 259 g/mol. The Hall–Kier alpha value is -2.35. The van der Waals surface area contributed by atoms with Crippen molar-refractivity contribution in [2.75, 3.05) is 6.61 Å². The van der Waals surface area contributed by atoms with E-state index < -0.39 is 23.5 Å². The van der Waals surface area contributed by atoms with Crippen LogP contribution in [0.2, 0.25) is 0 Å². The molecule has 0 amide bonds. The molecule has 0 radical (unpaired) electrons. The third-order valence-corrected chi connectivity index (χ3v) is 2.98. The Morgan fingerprint density at radius 2 is 2.05 bits per heavy atom. The van der Waals surface area contributed by atoms with Crippen LogP contribution in [0.15, 0.2) is 24.3 Å². The zero-order chi connectivity index (χ0) is 14.0. The van der Waals surface area contributed by atoms with Gasteiger partial charge in [-0.05, 0) is 24.3 Å². The predicted octanol–water partition coefficient (Wildman–Crippen LogP) is 1.67. The van der Waals surface area contributed by atoms with Crippen LogP contribution in [0.25, 0.3) is 0 Å². The van der Waals surface area contributed by atoms with E-state index >= 15 is 0 Å². The second kappa shape index (κ2) is 4.73. The molecule has 0 aromatic heterocycles. The van der Waals surface area contributed by atoms with Crippen LogP contribution < -0.4 is 0 Å². The van der Waals surface area contributed by atoms with Gasteiger partial charge < -0.3 is 9.47 Å². The average molecular weight is 259 g/mol. The normalized spacial score (nSPS) is 20.5. The molecule has 1 saturated heterocycles. The number of hydrogen-bond acceptors (Lipinski definition) is 5. The number of rotatable bonds is 2. The molecule has 5 heteroatoms. The van der Waals surface area contributed by atoms with E-state index in [4.69, 9.17) is 14.7 Å². The molecule has 1 atom stereocenters. The lowest BCUT2D eigenvalue weighted by Gasteiger charge is -2.21. The van der Waals surface area contributed by atoms with Crippen LogP contribution in [0.3, 0.4) is 0 Å². The van der Waals surface area contributed by atoms with Gasteiger partial charge in [-0.1, -0.05) is 13.8 Å². The quantitative estimate of drug-likeness (QED) is 0.755. The molecule has 1 aromatic rings. The summed E-state index contributed by atoms with van der Waals surface area (Å²) in [6.07, 6.45) is -0.893. The average Bonchev–Trinajstić information content (AvgIpc) is 2.65. The molecule has 1 fully saturated rings. The Kier molecular flexibility index (Phi) is 3.26. The van der Waals surface area contributed by atoms with Crippen LogP contribution >= 0.6 is 0 Å². The van der Waals surface area contributed by atoms with Crippen molar-refractivity contribution in [3.05, 3.63) is 35.4 Å². The van der Waals surface area contributed by atoms with Crippen LogP contribution in [0.4, 0.5) is 0 Å². The Morgan fingerprint density at radius 1 is 1.42 bits per heavy atom. The van der Waals surface area contributed by atoms with Gasteiger partial charge in [-0.3, -0.25) is 0 Å². The lowest BCUT2D eigenvalue weighted by atomic mass is 9.90. The van der Waals surface area contributed by atoms with E-state index in [0.29, 0.717) is 11.1 Å². The van der Waals surface area contributed by atoms with Gasteiger partial charge in [-0.25, -0.2) is 9.59 Å². The molecule has 1 aliphatic heterocycles. The van der Waals surface area contributed by atoms with Gasteiger partial charge in [0, 0.05) is 5.41 Å². The van der Waals surface area contributed by atoms with Gasteiger partial charge in [0.15, 0.2) is 0 Å². The number of nitriles is 1. The van der Waals surface area contributed by atoms with Crippen LogP contribution in [0, 0.1) is 16.7 Å². The molecule has 0 saturated carbocycles. The minimum Gasteiger partial charge on any atom is -0.462 e. The Balaban J connectivity index is 2.12. The lowest BCUT2D eigenvalue weighted by molar-refractivity contribution is -0.145. The highest BCUT2D eigenvalue weighted by atomic mass is 16.6. The Morgan fingerprint density at radius 3 is 2.53 bits per heavy atom. The Bertz CT molecular complexity index is 554. The summed E-state index contributed by atoms with van der Waals surface area (Å²) in [5.41, 5.74) is 0.228. The summed E-state index contributed by atoms with van der Waals surface area (Å²) in [5.74, 6) is -1.12. The summed E-state index contributed by atoms with van der Waals surface area (Å²) in [5, 5.41) is 8.67. The zero-order valence-corrected chi connectivity index (χ0v) is 10.7. The molecule has 0 bridgehead atoms. The van der Waals surface area contributed by atoms with Gasteiger partial charge in [-0.15, -0.1) is 0 Å². The van der Waals surface area contributed by atoms with Crippen molar-refractivity contribution in [1.29, 1.82) is 5.26 Å². The first kappa shape index (κ1) is 13.1. The number of carbonyl (C=O) groups is 2. The second-order valence-corrected chi connectivity index (χ2v) is 5.07. The molecule has 1 aliphatic rings. The second-order valence-electron chi connectivity index (χ2n) is 5.07. The number of hydrogen-bond donors (Lipinski definition) is 0. The van der Waals surface area contributed by atoms with Crippen LogP contribution in [-0.2, 0) is 14.3 Å². The molecule has 0 unspecified atom stereocenters. The fourth-order valence-corrected chi connectivity index (χ4v) is 1.79. The maximum Gasteiger partial charge on any atom is 0.348 e. The number of ether oxygens (including phenoxy) is 2. The molecule has 19 heavy (non-hydrogen) atoms. The number of nitrogens with zero attached hydrogens (tertiary/aromatic N) is 1. The van der Waals surface area contributed by atoms with Crippen molar-refractivity contribution in [3.8, 4) is 6.07 Å². The van der Waals surface area contributed by atoms with E-state index in [-0.39, 0.29) is 6.61 Å². The first-order chi connectivity index (χ1) is 8.94. The summed E-state index contributed by atoms with van der Waals surface area (Å²) in [4.78, 5) is 23.4. The zero-order valence-electron chi connectivity index (χ0n) is 10.7. The van der Waals surface area contributed by atoms with E-state index in [1.54, 1.807) is 13.8 Å². The first-order valence-electron chi connectivity index (χ1n) is 5.82. The largest absolute Gasteiger partial charge is 0.462 e. The number of carbonyl (C=O) groups excluding carboxylic acids is 2. The van der Waals surface area contributed by atoms with Crippen molar-refractivity contribution < 1.29 is 19.1 Å². The molecule has 98 valence electrons. The van der Waals surface area contributed by atoms with Crippen LogP contribution in [-0.4, -0.2) is 24.6 Å². The summed E-state index contributed by atoms with van der Waals surface area (Å²) in [6, 6.07) is 7.99. The van der Waals surface area contributed by atoms with Crippen molar-refractivity contribution in [2.24, 2.45) is 5.41 Å². The third-order valence-electron chi connectivity index (χ3n) is 2.98. The highest BCUT2D eigenvalue weighted by Crippen LogP contribution is 2.31. The molecule has 5 nitrogen and oxygen atoms in total. The van der Waals surface area contributed by atoms with Gasteiger partial charge in [0.2, 0.25) is 6.10 Å². The minimum atomic E-state index is -0.893. The molecular weight excluding hydrogens is 246 g/mol. The number of esters is 2. The minimum absolute atomic E-state index is 0.233. The highest BCUT2D eigenvalue weighted by Gasteiger charge is 2.46. The standard InChI is InChI=1S/C14H13NO4/c1-14(2)8-18-13(17)11(14)19-12(16)10-5-3-9(7-15)4-6-10/h3-6,11H,8H2,1-2H3/t11-/m0/s1. The van der Waals surface area contributed by atoms with E-state index in [9.17, 15) is 9.59 Å². The van der Waals surface area contributed by atoms with Crippen molar-refractivity contribution in [1.82, 2.24) is 0 Å². The van der Waals surface area contributed by atoms with Crippen LogP contribution in [0.1, 0.15) is 29.8 Å². The SMILES string of the molecule is CC1(C)COC(=O)[C@@H]1OC(=O)c1ccc(C#N)cc1. The molecule has 0 spiro atoms. The van der Waals surface area contributed by atoms with E-state index in [0.717, 1.165) is 0 Å².